The van der Waals surface area contributed by atoms with E-state index in [1.807, 2.05) is 13.8 Å². The van der Waals surface area contributed by atoms with E-state index in [9.17, 15) is 9.90 Å². The van der Waals surface area contributed by atoms with Gasteiger partial charge in [-0.25, -0.2) is 4.98 Å². The Morgan fingerprint density at radius 3 is 2.80 bits per heavy atom. The van der Waals surface area contributed by atoms with E-state index in [4.69, 9.17) is 11.6 Å². The van der Waals surface area contributed by atoms with Crippen LogP contribution >= 0.6 is 11.6 Å². The number of nitrogens with one attached hydrogen (secondary N) is 1. The summed E-state index contributed by atoms with van der Waals surface area (Å²) in [4.78, 5) is 17.9. The number of amides is 1. The molecule has 0 bridgehead atoms. The molecule has 1 aromatic heterocycles. The molecule has 0 aliphatic heterocycles. The Labute approximate surface area is 123 Å². The second-order valence-corrected chi connectivity index (χ2v) is 6.32. The third-order valence-corrected chi connectivity index (χ3v) is 4.26. The van der Waals surface area contributed by atoms with Crippen molar-refractivity contribution in [2.75, 3.05) is 18.5 Å². The molecule has 0 aromatic carbocycles. The number of halogens is 1. The van der Waals surface area contributed by atoms with Gasteiger partial charge in [0.05, 0.1) is 17.7 Å². The summed E-state index contributed by atoms with van der Waals surface area (Å²) in [6, 6.07) is 3.53. The first-order valence-corrected chi connectivity index (χ1v) is 6.98. The Balaban J connectivity index is 1.87. The average Bonchev–Trinajstić information content (AvgIpc) is 2.39. The number of nitrogens with zero attached hydrogens (tertiary/aromatic N) is 2. The smallest absolute Gasteiger partial charge is 0.239 e. The first-order chi connectivity index (χ1) is 9.30. The zero-order valence-electron chi connectivity index (χ0n) is 11.9. The van der Waals surface area contributed by atoms with Crippen LogP contribution in [0.2, 0.25) is 5.02 Å². The summed E-state index contributed by atoms with van der Waals surface area (Å²) in [5.41, 5.74) is -0.257. The second-order valence-electron chi connectivity index (χ2n) is 5.88. The topological polar surface area (TPSA) is 65.5 Å². The molecule has 20 heavy (non-hydrogen) atoms. The molecule has 1 amide bonds. The number of aliphatic hydroxyl groups excluding tert-OH is 1. The van der Waals surface area contributed by atoms with E-state index < -0.39 is 0 Å². The van der Waals surface area contributed by atoms with Gasteiger partial charge in [0, 0.05) is 24.7 Å². The van der Waals surface area contributed by atoms with E-state index >= 15 is 0 Å². The molecule has 1 aliphatic carbocycles. The van der Waals surface area contributed by atoms with Crippen LogP contribution in [0.3, 0.4) is 0 Å². The Bertz CT molecular complexity index is 490. The van der Waals surface area contributed by atoms with Gasteiger partial charge in [-0.2, -0.15) is 0 Å². The van der Waals surface area contributed by atoms with Crippen molar-refractivity contribution in [3.8, 4) is 0 Å². The zero-order chi connectivity index (χ0) is 14.9. The van der Waals surface area contributed by atoms with Gasteiger partial charge in [-0.3, -0.25) is 4.79 Å². The van der Waals surface area contributed by atoms with Crippen molar-refractivity contribution in [2.24, 2.45) is 5.41 Å². The monoisotopic (exact) mass is 297 g/mol. The summed E-state index contributed by atoms with van der Waals surface area (Å²) in [6.45, 7) is 4.13. The highest BCUT2D eigenvalue weighted by Gasteiger charge is 2.47. The minimum Gasteiger partial charge on any atom is -0.392 e. The van der Waals surface area contributed by atoms with Gasteiger partial charge in [-0.1, -0.05) is 25.4 Å². The normalized spacial score (nSPS) is 23.9. The van der Waals surface area contributed by atoms with E-state index in [1.165, 1.54) is 0 Å². The Morgan fingerprint density at radius 2 is 2.30 bits per heavy atom. The quantitative estimate of drug-likeness (QED) is 0.883. The van der Waals surface area contributed by atoms with Crippen LogP contribution in [0.1, 0.15) is 20.3 Å². The number of hydrogen-bond acceptors (Lipinski definition) is 4. The molecular formula is C14H20ClN3O2. The number of pyridine rings is 1. The zero-order valence-corrected chi connectivity index (χ0v) is 12.7. The van der Waals surface area contributed by atoms with Crippen molar-refractivity contribution in [2.45, 2.75) is 32.4 Å². The molecule has 2 atom stereocenters. The number of carbonyl (C=O) groups excluding carboxylic acids is 1. The highest BCUT2D eigenvalue weighted by atomic mass is 35.5. The summed E-state index contributed by atoms with van der Waals surface area (Å²) in [5, 5.41) is 13.2. The van der Waals surface area contributed by atoms with Gasteiger partial charge in [0.15, 0.2) is 0 Å². The van der Waals surface area contributed by atoms with Crippen molar-refractivity contribution >= 4 is 23.3 Å². The second kappa shape index (κ2) is 5.58. The Kier molecular flexibility index (Phi) is 4.20. The number of rotatable bonds is 4. The lowest BCUT2D eigenvalue weighted by molar-refractivity contribution is -0.127. The Hall–Kier alpha value is -1.33. The lowest BCUT2D eigenvalue weighted by atomic mass is 9.64. The van der Waals surface area contributed by atoms with Crippen molar-refractivity contribution in [1.29, 1.82) is 0 Å². The van der Waals surface area contributed by atoms with Gasteiger partial charge < -0.3 is 15.3 Å². The van der Waals surface area contributed by atoms with Crippen LogP contribution in [0.15, 0.2) is 18.3 Å². The van der Waals surface area contributed by atoms with Crippen molar-refractivity contribution in [3.05, 3.63) is 23.4 Å². The van der Waals surface area contributed by atoms with Crippen molar-refractivity contribution in [3.63, 3.8) is 0 Å². The molecule has 2 rings (SSSR count). The fraction of sp³-hybridized carbons (Fsp3) is 0.571. The van der Waals surface area contributed by atoms with Crippen LogP contribution in [-0.4, -0.2) is 41.7 Å². The van der Waals surface area contributed by atoms with Crippen molar-refractivity contribution in [1.82, 2.24) is 10.3 Å². The summed E-state index contributed by atoms with van der Waals surface area (Å²) in [5.74, 6) is 0.617. The van der Waals surface area contributed by atoms with E-state index in [1.54, 1.807) is 30.3 Å². The highest BCUT2D eigenvalue weighted by molar-refractivity contribution is 6.30. The number of anilines is 1. The molecule has 1 aliphatic rings. The molecule has 1 fully saturated rings. The Morgan fingerprint density at radius 1 is 1.60 bits per heavy atom. The standard InChI is InChI=1S/C14H20ClN3O2/c1-14(2)10(6-11(14)19)17-13(20)8-18(3)12-5-4-9(15)7-16-12/h4-5,7,10-11,19H,6,8H2,1-3H3,(H,17,20). The van der Waals surface area contributed by atoms with E-state index in [2.05, 4.69) is 10.3 Å². The molecule has 1 saturated carbocycles. The highest BCUT2D eigenvalue weighted by Crippen LogP contribution is 2.40. The molecule has 5 nitrogen and oxygen atoms in total. The fourth-order valence-electron chi connectivity index (χ4n) is 2.28. The van der Waals surface area contributed by atoms with Crippen LogP contribution in [0.4, 0.5) is 5.82 Å². The SMILES string of the molecule is CN(CC(=O)NC1CC(O)C1(C)C)c1ccc(Cl)cn1. The number of aromatic nitrogens is 1. The number of aliphatic hydroxyl groups is 1. The fourth-order valence-corrected chi connectivity index (χ4v) is 2.39. The van der Waals surface area contributed by atoms with E-state index in [0.717, 1.165) is 0 Å². The van der Waals surface area contributed by atoms with Crippen LogP contribution < -0.4 is 10.2 Å². The van der Waals surface area contributed by atoms with Gasteiger partial charge in [0.1, 0.15) is 5.82 Å². The van der Waals surface area contributed by atoms with Gasteiger partial charge in [0.25, 0.3) is 0 Å². The third-order valence-electron chi connectivity index (χ3n) is 4.03. The van der Waals surface area contributed by atoms with Gasteiger partial charge >= 0.3 is 0 Å². The van der Waals surface area contributed by atoms with E-state index in [-0.39, 0.29) is 30.0 Å². The maximum Gasteiger partial charge on any atom is 0.239 e. The summed E-state index contributed by atoms with van der Waals surface area (Å²) >= 11 is 5.78. The van der Waals surface area contributed by atoms with Crippen LogP contribution in [0.25, 0.3) is 0 Å². The van der Waals surface area contributed by atoms with Crippen LogP contribution in [0.5, 0.6) is 0 Å². The lowest BCUT2D eigenvalue weighted by Gasteiger charge is -2.49. The molecule has 6 heteroatoms. The summed E-state index contributed by atoms with van der Waals surface area (Å²) in [6.07, 6.45) is 1.82. The summed E-state index contributed by atoms with van der Waals surface area (Å²) in [7, 11) is 1.80. The first-order valence-electron chi connectivity index (χ1n) is 6.61. The predicted molar refractivity (Wildman–Crippen MR) is 78.9 cm³/mol. The average molecular weight is 298 g/mol. The molecule has 0 saturated heterocycles. The maximum absolute atomic E-state index is 12.0. The van der Waals surface area contributed by atoms with E-state index in [0.29, 0.717) is 17.3 Å². The first kappa shape index (κ1) is 15.1. The largest absolute Gasteiger partial charge is 0.392 e. The molecule has 0 spiro atoms. The number of likely N-dealkylation sites (N-methyl/N-ethyl adjacent to an activating group) is 1. The molecule has 1 aromatic rings. The van der Waals surface area contributed by atoms with Gasteiger partial charge in [-0.05, 0) is 18.6 Å². The third kappa shape index (κ3) is 3.04. The van der Waals surface area contributed by atoms with Crippen LogP contribution in [-0.2, 0) is 4.79 Å². The molecule has 0 radical (unpaired) electrons. The molecule has 2 N–H and O–H groups in total. The minimum absolute atomic E-state index is 0.0246. The predicted octanol–water partition coefficient (Wildman–Crippen LogP) is 1.45. The van der Waals surface area contributed by atoms with Gasteiger partial charge in [-0.15, -0.1) is 0 Å². The van der Waals surface area contributed by atoms with Gasteiger partial charge in [0.2, 0.25) is 5.91 Å². The lowest BCUT2D eigenvalue weighted by Crippen LogP contribution is -2.62. The molecular weight excluding hydrogens is 278 g/mol. The molecule has 1 heterocycles. The maximum atomic E-state index is 12.0. The number of carbonyl (C=O) groups is 1. The van der Waals surface area contributed by atoms with Crippen LogP contribution in [0, 0.1) is 5.41 Å². The molecule has 110 valence electrons. The molecule has 2 unspecified atom stereocenters. The van der Waals surface area contributed by atoms with Crippen molar-refractivity contribution < 1.29 is 9.90 Å². The summed E-state index contributed by atoms with van der Waals surface area (Å²) < 4.78 is 0. The number of hydrogen-bond donors (Lipinski definition) is 2. The minimum atomic E-state index is -0.344.